The molecule has 2 N–H and O–H groups in total. The van der Waals surface area contributed by atoms with E-state index in [2.05, 4.69) is 17.1 Å². The maximum Gasteiger partial charge on any atom is 0.358 e. The number of unbranched alkanes of at least 4 members (excludes halogenated alkanes) is 1. The average Bonchev–Trinajstić information content (AvgIpc) is 3.12. The molecule has 0 radical (unpaired) electrons. The monoisotopic (exact) mass is 384 g/mol. The minimum atomic E-state index is -1.42. The Balaban J connectivity index is 1.79. The summed E-state index contributed by atoms with van der Waals surface area (Å²) < 4.78 is 1.20. The molecule has 0 atom stereocenters. The van der Waals surface area contributed by atoms with Crippen LogP contribution >= 0.6 is 11.3 Å². The van der Waals surface area contributed by atoms with E-state index in [1.807, 2.05) is 29.6 Å². The van der Waals surface area contributed by atoms with Gasteiger partial charge in [0.15, 0.2) is 11.5 Å². The fraction of sp³-hybridized carbons (Fsp3) is 0.250. The van der Waals surface area contributed by atoms with Crippen molar-refractivity contribution in [1.29, 1.82) is 0 Å². The largest absolute Gasteiger partial charge is 0.501 e. The van der Waals surface area contributed by atoms with Gasteiger partial charge >= 0.3 is 5.97 Å². The van der Waals surface area contributed by atoms with E-state index in [1.165, 1.54) is 28.5 Å². The summed E-state index contributed by atoms with van der Waals surface area (Å²) in [5.74, 6) is -2.00. The van der Waals surface area contributed by atoms with Crippen LogP contribution < -0.4 is 5.56 Å². The molecule has 0 fully saturated rings. The van der Waals surface area contributed by atoms with E-state index < -0.39 is 23.0 Å². The van der Waals surface area contributed by atoms with Crippen molar-refractivity contribution in [2.75, 3.05) is 0 Å². The number of thiophene rings is 1. The molecule has 6 nitrogen and oxygen atoms in total. The highest BCUT2D eigenvalue weighted by atomic mass is 32.1. The predicted molar refractivity (Wildman–Crippen MR) is 104 cm³/mol. The van der Waals surface area contributed by atoms with Gasteiger partial charge in [0.05, 0.1) is 4.88 Å². The molecule has 2 heterocycles. The van der Waals surface area contributed by atoms with Crippen molar-refractivity contribution in [3.8, 4) is 16.5 Å². The summed E-state index contributed by atoms with van der Waals surface area (Å²) in [5, 5.41) is 20.8. The minimum Gasteiger partial charge on any atom is -0.501 e. The molecule has 0 aliphatic carbocycles. The number of benzene rings is 1. The van der Waals surface area contributed by atoms with Crippen molar-refractivity contribution in [1.82, 2.24) is 9.55 Å². The Hall–Kier alpha value is -2.93. The van der Waals surface area contributed by atoms with Crippen molar-refractivity contribution < 1.29 is 15.0 Å². The van der Waals surface area contributed by atoms with Gasteiger partial charge in [-0.25, -0.2) is 9.78 Å². The Labute approximate surface area is 160 Å². The highest BCUT2D eigenvalue weighted by Crippen LogP contribution is 2.30. The summed E-state index contributed by atoms with van der Waals surface area (Å²) in [6, 6.07) is 12.3. The van der Waals surface area contributed by atoms with Crippen LogP contribution in [-0.4, -0.2) is 25.7 Å². The first-order valence-electron chi connectivity index (χ1n) is 8.63. The van der Waals surface area contributed by atoms with Crippen molar-refractivity contribution in [2.45, 2.75) is 25.7 Å². The number of aromatic nitrogens is 2. The molecular formula is C20H20N2O4S. The topological polar surface area (TPSA) is 92.4 Å². The van der Waals surface area contributed by atoms with Gasteiger partial charge in [-0.15, -0.1) is 11.3 Å². The summed E-state index contributed by atoms with van der Waals surface area (Å²) in [6.07, 6.45) is 3.81. The zero-order chi connectivity index (χ0) is 19.4. The fourth-order valence-electron chi connectivity index (χ4n) is 2.96. The molecular weight excluding hydrogens is 364 g/mol. The molecule has 3 aromatic rings. The summed E-state index contributed by atoms with van der Waals surface area (Å²) in [4.78, 5) is 28.2. The lowest BCUT2D eigenvalue weighted by molar-refractivity contribution is 0.0686. The van der Waals surface area contributed by atoms with E-state index in [9.17, 15) is 19.8 Å². The molecule has 1 aromatic carbocycles. The molecule has 2 aromatic heterocycles. The molecule has 7 heteroatoms. The third-order valence-electron chi connectivity index (χ3n) is 4.42. The van der Waals surface area contributed by atoms with Gasteiger partial charge in [0.2, 0.25) is 5.75 Å². The Morgan fingerprint density at radius 3 is 2.56 bits per heavy atom. The van der Waals surface area contributed by atoms with Gasteiger partial charge in [0.25, 0.3) is 5.56 Å². The number of aromatic carboxylic acids is 1. The first-order chi connectivity index (χ1) is 13.0. The zero-order valence-electron chi connectivity index (χ0n) is 14.9. The number of hydrogen-bond acceptors (Lipinski definition) is 5. The molecule has 0 amide bonds. The van der Waals surface area contributed by atoms with Crippen molar-refractivity contribution in [3.63, 3.8) is 0 Å². The molecule has 0 bridgehead atoms. The van der Waals surface area contributed by atoms with Crippen molar-refractivity contribution >= 4 is 17.3 Å². The highest BCUT2D eigenvalue weighted by Gasteiger charge is 2.21. The summed E-state index contributed by atoms with van der Waals surface area (Å²) in [6.45, 7) is 0. The minimum absolute atomic E-state index is 0.267. The normalized spacial score (nSPS) is 10.9. The average molecular weight is 384 g/mol. The van der Waals surface area contributed by atoms with E-state index in [4.69, 9.17) is 0 Å². The van der Waals surface area contributed by atoms with Crippen molar-refractivity contribution in [3.05, 3.63) is 69.0 Å². The van der Waals surface area contributed by atoms with Crippen LogP contribution in [0.5, 0.6) is 5.75 Å². The van der Waals surface area contributed by atoms with Gasteiger partial charge in [-0.05, 0) is 48.3 Å². The first kappa shape index (κ1) is 18.8. The SMILES string of the molecule is Cn1c(-c2sccc2CCCCc2ccccc2)nc(C(=O)O)c(O)c1=O. The second-order valence-corrected chi connectivity index (χ2v) is 7.19. The Morgan fingerprint density at radius 2 is 1.85 bits per heavy atom. The van der Waals surface area contributed by atoms with Gasteiger partial charge < -0.3 is 10.2 Å². The third kappa shape index (κ3) is 4.09. The Morgan fingerprint density at radius 1 is 1.15 bits per heavy atom. The number of aromatic hydroxyl groups is 1. The predicted octanol–water partition coefficient (Wildman–Crippen LogP) is 3.48. The van der Waals surface area contributed by atoms with E-state index in [0.717, 1.165) is 36.1 Å². The second-order valence-electron chi connectivity index (χ2n) is 6.27. The van der Waals surface area contributed by atoms with Crippen LogP contribution in [0.4, 0.5) is 0 Å². The number of carboxylic acid groups (broad SMARTS) is 1. The second kappa shape index (κ2) is 8.18. The lowest BCUT2D eigenvalue weighted by atomic mass is 10.0. The van der Waals surface area contributed by atoms with E-state index in [1.54, 1.807) is 0 Å². The third-order valence-corrected chi connectivity index (χ3v) is 5.38. The van der Waals surface area contributed by atoms with Gasteiger partial charge in [-0.2, -0.15) is 0 Å². The van der Waals surface area contributed by atoms with Crippen LogP contribution in [0, 0.1) is 0 Å². The fourth-order valence-corrected chi connectivity index (χ4v) is 3.94. The van der Waals surface area contributed by atoms with Crippen LogP contribution in [0.1, 0.15) is 34.5 Å². The molecule has 0 saturated carbocycles. The standard InChI is InChI=1S/C20H20N2O4S/c1-22-18(21-15(20(25)26)16(23)19(22)24)17-14(11-12-27-17)10-6-5-9-13-7-3-2-4-8-13/h2-4,7-8,11-12,23H,5-6,9-10H2,1H3,(H,25,26). The highest BCUT2D eigenvalue weighted by molar-refractivity contribution is 7.13. The maximum atomic E-state index is 12.2. The molecule has 0 aliphatic heterocycles. The van der Waals surface area contributed by atoms with Crippen molar-refractivity contribution in [2.24, 2.45) is 7.05 Å². The quantitative estimate of drug-likeness (QED) is 0.609. The van der Waals surface area contributed by atoms with Gasteiger partial charge in [0.1, 0.15) is 0 Å². The molecule has 0 saturated heterocycles. The van der Waals surface area contributed by atoms with Crippen LogP contribution in [0.2, 0.25) is 0 Å². The van der Waals surface area contributed by atoms with Crippen LogP contribution in [0.3, 0.4) is 0 Å². The summed E-state index contributed by atoms with van der Waals surface area (Å²) in [5.41, 5.74) is 0.951. The number of rotatable bonds is 7. The number of carbonyl (C=O) groups is 1. The molecule has 0 aliphatic rings. The first-order valence-corrected chi connectivity index (χ1v) is 9.51. The molecule has 0 unspecified atom stereocenters. The molecule has 27 heavy (non-hydrogen) atoms. The Kier molecular flexibility index (Phi) is 5.71. The Bertz CT molecular complexity index is 1010. The van der Waals surface area contributed by atoms with Gasteiger partial charge in [0, 0.05) is 7.05 Å². The number of carboxylic acids is 1. The van der Waals surface area contributed by atoms with Crippen LogP contribution in [0.25, 0.3) is 10.7 Å². The summed E-state index contributed by atoms with van der Waals surface area (Å²) in [7, 11) is 1.48. The lowest BCUT2D eigenvalue weighted by Gasteiger charge is -2.10. The van der Waals surface area contributed by atoms with E-state index >= 15 is 0 Å². The van der Waals surface area contributed by atoms with Crippen LogP contribution in [0.15, 0.2) is 46.6 Å². The number of aryl methyl sites for hydroxylation is 2. The van der Waals surface area contributed by atoms with Gasteiger partial charge in [-0.3, -0.25) is 9.36 Å². The smallest absolute Gasteiger partial charge is 0.358 e. The number of hydrogen-bond donors (Lipinski definition) is 2. The van der Waals surface area contributed by atoms with Crippen LogP contribution in [-0.2, 0) is 19.9 Å². The summed E-state index contributed by atoms with van der Waals surface area (Å²) >= 11 is 1.41. The molecule has 0 spiro atoms. The van der Waals surface area contributed by atoms with E-state index in [-0.39, 0.29) is 5.82 Å². The molecule has 140 valence electrons. The zero-order valence-corrected chi connectivity index (χ0v) is 15.7. The lowest BCUT2D eigenvalue weighted by Crippen LogP contribution is -2.23. The van der Waals surface area contributed by atoms with E-state index in [0.29, 0.717) is 0 Å². The number of nitrogens with zero attached hydrogens (tertiary/aromatic N) is 2. The van der Waals surface area contributed by atoms with Gasteiger partial charge in [-0.1, -0.05) is 30.3 Å². The molecule has 3 rings (SSSR count). The maximum absolute atomic E-state index is 12.2.